The zero-order valence-corrected chi connectivity index (χ0v) is 6.26. The molecule has 1 aliphatic rings. The van der Waals surface area contributed by atoms with Crippen molar-refractivity contribution in [2.75, 3.05) is 26.2 Å². The van der Waals surface area contributed by atoms with Crippen LogP contribution in [0.3, 0.4) is 0 Å². The van der Waals surface area contributed by atoms with Crippen molar-refractivity contribution in [3.63, 3.8) is 0 Å². The molecule has 0 unspecified atom stereocenters. The van der Waals surface area contributed by atoms with Gasteiger partial charge in [0.25, 0.3) is 0 Å². The minimum absolute atomic E-state index is 0.154. The van der Waals surface area contributed by atoms with Crippen molar-refractivity contribution in [3.05, 3.63) is 6.42 Å². The predicted molar refractivity (Wildman–Crippen MR) is 39.4 cm³/mol. The first kappa shape index (κ1) is 7.54. The summed E-state index contributed by atoms with van der Waals surface area (Å²) in [5.74, 6) is 0.154. The fourth-order valence-corrected chi connectivity index (χ4v) is 1.07. The molecule has 0 aromatic heterocycles. The summed E-state index contributed by atoms with van der Waals surface area (Å²) in [6.45, 7) is 5.34. The maximum absolute atomic E-state index is 11.0. The van der Waals surface area contributed by atoms with E-state index in [1.165, 1.54) is 0 Å². The number of piperazine rings is 1. The van der Waals surface area contributed by atoms with Crippen LogP contribution in [-0.4, -0.2) is 37.0 Å². The van der Waals surface area contributed by atoms with Gasteiger partial charge in [-0.1, -0.05) is 6.92 Å². The van der Waals surface area contributed by atoms with Gasteiger partial charge >= 0.3 is 0 Å². The maximum Gasteiger partial charge on any atom is 0.226 e. The van der Waals surface area contributed by atoms with Gasteiger partial charge in [0, 0.05) is 32.6 Å². The molecule has 3 heteroatoms. The lowest BCUT2D eigenvalue weighted by molar-refractivity contribution is -0.128. The summed E-state index contributed by atoms with van der Waals surface area (Å²) in [4.78, 5) is 12.9. The second-order valence-corrected chi connectivity index (χ2v) is 2.36. The zero-order chi connectivity index (χ0) is 7.40. The predicted octanol–water partition coefficient (Wildman–Crippen LogP) is -0.358. The van der Waals surface area contributed by atoms with Gasteiger partial charge in [-0.15, -0.1) is 0 Å². The molecule has 0 bridgehead atoms. The molecule has 0 aromatic rings. The summed E-state index contributed by atoms with van der Waals surface area (Å²) in [5, 5.41) is 3.19. The highest BCUT2D eigenvalue weighted by Crippen LogP contribution is 1.94. The van der Waals surface area contributed by atoms with Crippen LogP contribution in [-0.2, 0) is 4.79 Å². The minimum Gasteiger partial charge on any atom is -0.340 e. The van der Waals surface area contributed by atoms with Gasteiger partial charge in [0.1, 0.15) is 0 Å². The molecule has 0 aromatic carbocycles. The largest absolute Gasteiger partial charge is 0.340 e. The van der Waals surface area contributed by atoms with Crippen LogP contribution in [0.25, 0.3) is 0 Å². The second kappa shape index (κ2) is 3.56. The molecule has 1 fully saturated rings. The third-order valence-corrected chi connectivity index (χ3v) is 1.68. The van der Waals surface area contributed by atoms with Crippen molar-refractivity contribution in [1.82, 2.24) is 10.2 Å². The molecule has 1 amide bonds. The highest BCUT2D eigenvalue weighted by Gasteiger charge is 2.13. The van der Waals surface area contributed by atoms with E-state index in [2.05, 4.69) is 5.32 Å². The molecule has 1 saturated heterocycles. The Bertz CT molecular complexity index is 119. The zero-order valence-electron chi connectivity index (χ0n) is 6.26. The first-order chi connectivity index (χ1) is 4.84. The summed E-state index contributed by atoms with van der Waals surface area (Å²) in [7, 11) is 0. The fourth-order valence-electron chi connectivity index (χ4n) is 1.07. The van der Waals surface area contributed by atoms with E-state index in [9.17, 15) is 4.79 Å². The van der Waals surface area contributed by atoms with Crippen LogP contribution < -0.4 is 5.32 Å². The quantitative estimate of drug-likeness (QED) is 0.541. The molecule has 0 saturated carbocycles. The lowest BCUT2D eigenvalue weighted by atomic mass is 10.3. The average molecular weight is 141 g/mol. The Morgan fingerprint density at radius 1 is 1.50 bits per heavy atom. The van der Waals surface area contributed by atoms with E-state index in [0.717, 1.165) is 26.2 Å². The molecular weight excluding hydrogens is 128 g/mol. The molecule has 0 aliphatic carbocycles. The van der Waals surface area contributed by atoms with Gasteiger partial charge in [-0.2, -0.15) is 0 Å². The van der Waals surface area contributed by atoms with E-state index in [1.54, 1.807) is 13.3 Å². The van der Waals surface area contributed by atoms with Crippen molar-refractivity contribution in [2.24, 2.45) is 0 Å². The van der Waals surface area contributed by atoms with Crippen molar-refractivity contribution in [1.29, 1.82) is 0 Å². The SMILES string of the molecule is C[CH]C(=O)N1CCNCC1. The number of rotatable bonds is 1. The third kappa shape index (κ3) is 1.70. The van der Waals surface area contributed by atoms with Crippen LogP contribution in [0.1, 0.15) is 6.92 Å². The van der Waals surface area contributed by atoms with Crippen molar-refractivity contribution < 1.29 is 4.79 Å². The number of carbonyl (C=O) groups excluding carboxylic acids is 1. The molecule has 0 atom stereocenters. The van der Waals surface area contributed by atoms with Crippen molar-refractivity contribution in [3.8, 4) is 0 Å². The van der Waals surface area contributed by atoms with E-state index < -0.39 is 0 Å². The summed E-state index contributed by atoms with van der Waals surface area (Å²) in [5.41, 5.74) is 0. The van der Waals surface area contributed by atoms with E-state index in [0.29, 0.717) is 0 Å². The molecule has 1 heterocycles. The molecule has 57 valence electrons. The first-order valence-corrected chi connectivity index (χ1v) is 3.63. The standard InChI is InChI=1S/C7H13N2O/c1-2-7(10)9-5-3-8-4-6-9/h2,8H,3-6H2,1H3. The smallest absolute Gasteiger partial charge is 0.226 e. The number of amides is 1. The average Bonchev–Trinajstić information content (AvgIpc) is 2.05. The Kier molecular flexibility index (Phi) is 2.68. The number of nitrogens with one attached hydrogen (secondary N) is 1. The van der Waals surface area contributed by atoms with Gasteiger partial charge in [0.15, 0.2) is 0 Å². The Hall–Kier alpha value is -0.570. The van der Waals surface area contributed by atoms with E-state index in [-0.39, 0.29) is 5.91 Å². The lowest BCUT2D eigenvalue weighted by Gasteiger charge is -2.26. The topological polar surface area (TPSA) is 32.3 Å². The highest BCUT2D eigenvalue weighted by atomic mass is 16.2. The van der Waals surface area contributed by atoms with Gasteiger partial charge in [-0.25, -0.2) is 0 Å². The normalized spacial score (nSPS) is 19.1. The fraction of sp³-hybridized carbons (Fsp3) is 0.714. The monoisotopic (exact) mass is 141 g/mol. The molecule has 0 spiro atoms. The summed E-state index contributed by atoms with van der Waals surface area (Å²) >= 11 is 0. The van der Waals surface area contributed by atoms with Crippen molar-refractivity contribution in [2.45, 2.75) is 6.92 Å². The Labute approximate surface area is 61.4 Å². The summed E-state index contributed by atoms with van der Waals surface area (Å²) in [6.07, 6.45) is 1.62. The Balaban J connectivity index is 2.31. The van der Waals surface area contributed by atoms with Gasteiger partial charge in [0.05, 0.1) is 0 Å². The second-order valence-electron chi connectivity index (χ2n) is 2.36. The van der Waals surface area contributed by atoms with E-state index >= 15 is 0 Å². The lowest BCUT2D eigenvalue weighted by Crippen LogP contribution is -2.46. The maximum atomic E-state index is 11.0. The molecule has 1 rings (SSSR count). The van der Waals surface area contributed by atoms with Crippen LogP contribution >= 0.6 is 0 Å². The van der Waals surface area contributed by atoms with Crippen LogP contribution in [0.15, 0.2) is 0 Å². The molecule has 1 N–H and O–H groups in total. The van der Waals surface area contributed by atoms with Gasteiger partial charge in [-0.05, 0) is 0 Å². The Morgan fingerprint density at radius 3 is 2.60 bits per heavy atom. The molecular formula is C7H13N2O. The number of hydrogen-bond donors (Lipinski definition) is 1. The molecule has 1 aliphatic heterocycles. The van der Waals surface area contributed by atoms with Crippen molar-refractivity contribution >= 4 is 5.91 Å². The van der Waals surface area contributed by atoms with E-state index in [4.69, 9.17) is 0 Å². The van der Waals surface area contributed by atoms with Gasteiger partial charge in [0.2, 0.25) is 5.91 Å². The number of carbonyl (C=O) groups is 1. The molecule has 3 nitrogen and oxygen atoms in total. The summed E-state index contributed by atoms with van der Waals surface area (Å²) < 4.78 is 0. The Morgan fingerprint density at radius 2 is 2.10 bits per heavy atom. The van der Waals surface area contributed by atoms with Gasteiger partial charge in [-0.3, -0.25) is 4.79 Å². The molecule has 10 heavy (non-hydrogen) atoms. The van der Waals surface area contributed by atoms with Crippen LogP contribution in [0.4, 0.5) is 0 Å². The van der Waals surface area contributed by atoms with Crippen LogP contribution in [0, 0.1) is 6.42 Å². The third-order valence-electron chi connectivity index (χ3n) is 1.68. The number of nitrogens with zero attached hydrogens (tertiary/aromatic N) is 1. The van der Waals surface area contributed by atoms with Gasteiger partial charge < -0.3 is 10.2 Å². The van der Waals surface area contributed by atoms with Crippen LogP contribution in [0.5, 0.6) is 0 Å². The molecule has 1 radical (unpaired) electrons. The van der Waals surface area contributed by atoms with Crippen LogP contribution in [0.2, 0.25) is 0 Å². The highest BCUT2D eigenvalue weighted by molar-refractivity contribution is 5.84. The number of hydrogen-bond acceptors (Lipinski definition) is 2. The van der Waals surface area contributed by atoms with E-state index in [1.807, 2.05) is 4.90 Å². The summed E-state index contributed by atoms with van der Waals surface area (Å²) in [6, 6.07) is 0. The minimum atomic E-state index is 0.154. The first-order valence-electron chi connectivity index (χ1n) is 3.63.